The van der Waals surface area contributed by atoms with Crippen LogP contribution in [0.3, 0.4) is 0 Å². The summed E-state index contributed by atoms with van der Waals surface area (Å²) in [7, 11) is 0. The zero-order chi connectivity index (χ0) is 24.2. The Bertz CT molecular complexity index is 1260. The summed E-state index contributed by atoms with van der Waals surface area (Å²) in [6.45, 7) is 1.94. The summed E-state index contributed by atoms with van der Waals surface area (Å²) >= 11 is 7.48. The average Bonchev–Trinajstić information content (AvgIpc) is 3.39. The van der Waals surface area contributed by atoms with Crippen LogP contribution in [-0.4, -0.2) is 17.4 Å². The number of nitrogens with zero attached hydrogens (tertiary/aromatic N) is 1. The van der Waals surface area contributed by atoms with Crippen LogP contribution in [0.4, 0.5) is 5.69 Å². The molecule has 0 saturated heterocycles. The minimum Gasteiger partial charge on any atom is -0.378 e. The molecule has 0 unspecified atom stereocenters. The molecule has 6 heteroatoms. The molecule has 35 heavy (non-hydrogen) atoms. The zero-order valence-electron chi connectivity index (χ0n) is 19.6. The molecule has 0 radical (unpaired) electrons. The smallest absolute Gasteiger partial charge is 0.250 e. The predicted molar refractivity (Wildman–Crippen MR) is 147 cm³/mol. The predicted octanol–water partition coefficient (Wildman–Crippen LogP) is 6.94. The van der Waals surface area contributed by atoms with E-state index in [1.807, 2.05) is 31.2 Å². The van der Waals surface area contributed by atoms with Crippen LogP contribution < -0.4 is 10.7 Å². The third-order valence-electron chi connectivity index (χ3n) is 6.70. The number of fused-ring (bicyclic) bond motifs is 3. The van der Waals surface area contributed by atoms with Gasteiger partial charge in [0.25, 0.3) is 0 Å². The highest BCUT2D eigenvalue weighted by Crippen LogP contribution is 2.49. The highest BCUT2D eigenvalue weighted by Gasteiger charge is 2.37. The van der Waals surface area contributed by atoms with Gasteiger partial charge in [0.15, 0.2) is 0 Å². The second-order valence-corrected chi connectivity index (χ2v) is 10.5. The molecule has 178 valence electrons. The average molecular weight is 502 g/mol. The fourth-order valence-corrected chi connectivity index (χ4v) is 5.80. The summed E-state index contributed by atoms with van der Waals surface area (Å²) in [5.41, 5.74) is 9.47. The van der Waals surface area contributed by atoms with E-state index in [9.17, 15) is 4.79 Å². The van der Waals surface area contributed by atoms with Gasteiger partial charge in [-0.25, -0.2) is 5.43 Å². The number of carbonyl (C=O) groups excluding carboxylic acids is 1. The molecule has 3 aromatic carbocycles. The van der Waals surface area contributed by atoms with Crippen LogP contribution in [0, 0.1) is 5.92 Å². The zero-order valence-corrected chi connectivity index (χ0v) is 21.2. The van der Waals surface area contributed by atoms with Gasteiger partial charge in [0, 0.05) is 22.4 Å². The number of amides is 1. The van der Waals surface area contributed by atoms with Crippen LogP contribution >= 0.6 is 23.4 Å². The first kappa shape index (κ1) is 23.7. The molecule has 3 atom stereocenters. The lowest BCUT2D eigenvalue weighted by Gasteiger charge is -2.37. The number of rotatable bonds is 7. The van der Waals surface area contributed by atoms with E-state index < -0.39 is 0 Å². The van der Waals surface area contributed by atoms with E-state index in [0.717, 1.165) is 34.0 Å². The van der Waals surface area contributed by atoms with Gasteiger partial charge in [0.1, 0.15) is 0 Å². The van der Waals surface area contributed by atoms with E-state index in [1.54, 1.807) is 11.8 Å². The van der Waals surface area contributed by atoms with Gasteiger partial charge in [0.2, 0.25) is 5.91 Å². The molecule has 1 heterocycles. The van der Waals surface area contributed by atoms with Crippen molar-refractivity contribution in [2.24, 2.45) is 11.0 Å². The summed E-state index contributed by atoms with van der Waals surface area (Å²) in [6, 6.07) is 25.1. The van der Waals surface area contributed by atoms with Crippen molar-refractivity contribution >= 4 is 40.7 Å². The lowest BCUT2D eigenvalue weighted by Crippen LogP contribution is -2.29. The number of anilines is 1. The van der Waals surface area contributed by atoms with Gasteiger partial charge in [-0.05, 0) is 65.8 Å². The quantitative estimate of drug-likeness (QED) is 0.209. The second kappa shape index (κ2) is 10.7. The monoisotopic (exact) mass is 501 g/mol. The maximum atomic E-state index is 12.3. The Morgan fingerprint density at radius 3 is 2.71 bits per heavy atom. The fourth-order valence-electron chi connectivity index (χ4n) is 4.90. The molecule has 5 rings (SSSR count). The molecule has 0 aromatic heterocycles. The van der Waals surface area contributed by atoms with Crippen LogP contribution in [-0.2, 0) is 10.5 Å². The number of thioether (sulfide) groups is 1. The largest absolute Gasteiger partial charge is 0.378 e. The highest BCUT2D eigenvalue weighted by molar-refractivity contribution is 7.99. The normalized spacial score (nSPS) is 20.6. The molecule has 0 saturated carbocycles. The molecule has 2 aliphatic rings. The minimum atomic E-state index is -0.104. The van der Waals surface area contributed by atoms with Crippen LogP contribution in [0.15, 0.2) is 90.0 Å². The molecule has 0 spiro atoms. The summed E-state index contributed by atoms with van der Waals surface area (Å²) < 4.78 is 0. The van der Waals surface area contributed by atoms with Gasteiger partial charge in [-0.15, -0.1) is 11.8 Å². The first-order chi connectivity index (χ1) is 17.1. The third-order valence-corrected chi connectivity index (χ3v) is 7.96. The van der Waals surface area contributed by atoms with E-state index in [2.05, 4.69) is 76.5 Å². The Morgan fingerprint density at radius 1 is 1.11 bits per heavy atom. The second-order valence-electron chi connectivity index (χ2n) is 9.04. The molecule has 3 aromatic rings. The standard InChI is InChI=1S/C29H28ClN3OS/c1-19(32-33-28(34)18-35-17-20-10-13-23(30)14-11-20)22-12-15-27-26(16-22)24-8-5-9-25(24)29(31-27)21-6-3-2-4-7-21/h2-8,10-16,24-25,29,31H,9,17-18H2,1H3,(H,33,34)/b32-19-/t24-,25-,29-/m1/s1. The van der Waals surface area contributed by atoms with Crippen molar-refractivity contribution in [3.05, 3.63) is 112 Å². The number of allylic oxidation sites excluding steroid dienone is 2. The number of carbonyl (C=O) groups is 1. The Morgan fingerprint density at radius 2 is 1.91 bits per heavy atom. The van der Waals surface area contributed by atoms with Crippen LogP contribution in [0.25, 0.3) is 0 Å². The van der Waals surface area contributed by atoms with Crippen LogP contribution in [0.5, 0.6) is 0 Å². The number of halogens is 1. The fraction of sp³-hybridized carbons (Fsp3) is 0.241. The van der Waals surface area contributed by atoms with Crippen molar-refractivity contribution in [1.82, 2.24) is 5.43 Å². The third kappa shape index (κ3) is 5.47. The number of hydrazone groups is 1. The van der Waals surface area contributed by atoms with Gasteiger partial charge < -0.3 is 5.32 Å². The lowest BCUT2D eigenvalue weighted by molar-refractivity contribution is -0.118. The van der Waals surface area contributed by atoms with E-state index in [-0.39, 0.29) is 5.91 Å². The van der Waals surface area contributed by atoms with Crippen molar-refractivity contribution < 1.29 is 4.79 Å². The van der Waals surface area contributed by atoms with Crippen molar-refractivity contribution in [2.75, 3.05) is 11.1 Å². The van der Waals surface area contributed by atoms with Crippen molar-refractivity contribution in [3.8, 4) is 0 Å². The van der Waals surface area contributed by atoms with Gasteiger partial charge in [0.05, 0.1) is 17.5 Å². The number of nitrogens with one attached hydrogen (secondary N) is 2. The van der Waals surface area contributed by atoms with E-state index in [4.69, 9.17) is 11.6 Å². The van der Waals surface area contributed by atoms with E-state index in [0.29, 0.717) is 23.6 Å². The number of benzene rings is 3. The summed E-state index contributed by atoms with van der Waals surface area (Å²) in [6.07, 6.45) is 5.71. The number of hydrogen-bond donors (Lipinski definition) is 2. The lowest BCUT2D eigenvalue weighted by atomic mass is 9.76. The van der Waals surface area contributed by atoms with E-state index in [1.165, 1.54) is 16.8 Å². The molecule has 0 fully saturated rings. The maximum Gasteiger partial charge on any atom is 0.250 e. The Balaban J connectivity index is 1.23. The first-order valence-corrected chi connectivity index (χ1v) is 13.4. The SMILES string of the molecule is C/C(=N/NC(=O)CSCc1ccc(Cl)cc1)c1ccc2c(c1)[C@@H]1C=CC[C@H]1[C@@H](c1ccccc1)N2. The van der Waals surface area contributed by atoms with Crippen molar-refractivity contribution in [3.63, 3.8) is 0 Å². The van der Waals surface area contributed by atoms with Gasteiger partial charge in [-0.1, -0.05) is 72.3 Å². The molecular formula is C29H28ClN3OS. The van der Waals surface area contributed by atoms with Crippen molar-refractivity contribution in [1.29, 1.82) is 0 Å². The summed E-state index contributed by atoms with van der Waals surface area (Å²) in [4.78, 5) is 12.3. The molecular weight excluding hydrogens is 474 g/mol. The van der Waals surface area contributed by atoms with Crippen LogP contribution in [0.2, 0.25) is 5.02 Å². The Kier molecular flexibility index (Phi) is 7.26. The van der Waals surface area contributed by atoms with Gasteiger partial charge >= 0.3 is 0 Å². The number of hydrogen-bond acceptors (Lipinski definition) is 4. The minimum absolute atomic E-state index is 0.104. The molecule has 0 bridgehead atoms. The van der Waals surface area contributed by atoms with Gasteiger partial charge in [-0.3, -0.25) is 4.79 Å². The Labute approximate surface area is 215 Å². The Hall–Kier alpha value is -3.02. The summed E-state index contributed by atoms with van der Waals surface area (Å²) in [5, 5.41) is 8.87. The molecule has 2 N–H and O–H groups in total. The maximum absolute atomic E-state index is 12.3. The molecule has 1 aliphatic carbocycles. The molecule has 1 aliphatic heterocycles. The highest BCUT2D eigenvalue weighted by atomic mass is 35.5. The van der Waals surface area contributed by atoms with Crippen molar-refractivity contribution in [2.45, 2.75) is 31.1 Å². The van der Waals surface area contributed by atoms with Gasteiger partial charge in [-0.2, -0.15) is 5.10 Å². The first-order valence-electron chi connectivity index (χ1n) is 11.9. The van der Waals surface area contributed by atoms with Crippen LogP contribution in [0.1, 0.15) is 47.6 Å². The molecule has 1 amide bonds. The topological polar surface area (TPSA) is 53.5 Å². The molecule has 4 nitrogen and oxygen atoms in total. The van der Waals surface area contributed by atoms with E-state index >= 15 is 0 Å². The summed E-state index contributed by atoms with van der Waals surface area (Å²) in [5.74, 6) is 1.87.